The molecule has 0 radical (unpaired) electrons. The van der Waals surface area contributed by atoms with Gasteiger partial charge in [-0.1, -0.05) is 0 Å². The Bertz CT molecular complexity index is 358. The van der Waals surface area contributed by atoms with Crippen molar-refractivity contribution in [2.75, 3.05) is 0 Å². The van der Waals surface area contributed by atoms with Gasteiger partial charge < -0.3 is 5.32 Å². The minimum absolute atomic E-state index is 0.0746. The lowest BCUT2D eigenvalue weighted by Crippen LogP contribution is -2.41. The van der Waals surface area contributed by atoms with Crippen LogP contribution in [0, 0.1) is 0 Å². The number of aromatic nitrogens is 1. The Morgan fingerprint density at radius 1 is 1.53 bits per heavy atom. The first-order valence-electron chi connectivity index (χ1n) is 4.62. The van der Waals surface area contributed by atoms with Crippen LogP contribution in [0.15, 0.2) is 11.6 Å². The lowest BCUT2D eigenvalue weighted by Gasteiger charge is -2.23. The minimum Gasteiger partial charge on any atom is -0.344 e. The van der Waals surface area contributed by atoms with E-state index in [1.807, 2.05) is 19.2 Å². The van der Waals surface area contributed by atoms with E-state index in [1.165, 1.54) is 18.3 Å². The van der Waals surface area contributed by atoms with Crippen molar-refractivity contribution in [2.45, 2.75) is 32.7 Å². The topological polar surface area (TPSA) is 59.1 Å². The van der Waals surface area contributed by atoms with Gasteiger partial charge in [0.2, 0.25) is 5.91 Å². The van der Waals surface area contributed by atoms with Gasteiger partial charge in [-0.3, -0.25) is 9.59 Å². The Morgan fingerprint density at radius 2 is 2.20 bits per heavy atom. The molecule has 0 unspecified atom stereocenters. The van der Waals surface area contributed by atoms with E-state index < -0.39 is 5.54 Å². The number of hydrogen-bond acceptors (Lipinski definition) is 4. The van der Waals surface area contributed by atoms with E-state index in [4.69, 9.17) is 0 Å². The summed E-state index contributed by atoms with van der Waals surface area (Å²) in [5, 5.41) is 5.47. The highest BCUT2D eigenvalue weighted by molar-refractivity contribution is 7.09. The number of thiazole rings is 1. The van der Waals surface area contributed by atoms with Crippen molar-refractivity contribution < 1.29 is 9.59 Å². The van der Waals surface area contributed by atoms with Gasteiger partial charge in [-0.25, -0.2) is 4.98 Å². The molecular weight excluding hydrogens is 212 g/mol. The van der Waals surface area contributed by atoms with Gasteiger partial charge in [0.25, 0.3) is 0 Å². The van der Waals surface area contributed by atoms with Crippen molar-refractivity contribution in [3.05, 3.63) is 16.6 Å². The number of carbonyl (C=O) groups is 2. The van der Waals surface area contributed by atoms with Gasteiger partial charge >= 0.3 is 0 Å². The average molecular weight is 226 g/mol. The lowest BCUT2D eigenvalue weighted by atomic mass is 10.1. The van der Waals surface area contributed by atoms with E-state index in [0.29, 0.717) is 0 Å². The van der Waals surface area contributed by atoms with E-state index in [2.05, 4.69) is 10.3 Å². The minimum atomic E-state index is -0.513. The standard InChI is InChI=1S/C10H14N2O2S/c1-7(13)6-8(14)12-10(2,3)9-11-4-5-15-9/h4-5H,6H2,1-3H3,(H,12,14). The van der Waals surface area contributed by atoms with E-state index in [1.54, 1.807) is 6.20 Å². The second kappa shape index (κ2) is 4.53. The molecule has 0 atom stereocenters. The number of hydrogen-bond donors (Lipinski definition) is 1. The molecule has 0 aliphatic rings. The molecule has 1 N–H and O–H groups in total. The molecule has 0 spiro atoms. The maximum absolute atomic E-state index is 11.4. The van der Waals surface area contributed by atoms with Gasteiger partial charge in [0.05, 0.1) is 12.0 Å². The number of Topliss-reactive ketones (excluding diaryl/α,β-unsaturated/α-hetero) is 1. The molecule has 0 aromatic carbocycles. The van der Waals surface area contributed by atoms with E-state index in [0.717, 1.165) is 5.01 Å². The highest BCUT2D eigenvalue weighted by Crippen LogP contribution is 2.21. The van der Waals surface area contributed by atoms with Gasteiger partial charge in [-0.05, 0) is 20.8 Å². The fraction of sp³-hybridized carbons (Fsp3) is 0.500. The van der Waals surface area contributed by atoms with Gasteiger partial charge in [0.15, 0.2) is 0 Å². The van der Waals surface area contributed by atoms with E-state index >= 15 is 0 Å². The zero-order valence-corrected chi connectivity index (χ0v) is 9.85. The van der Waals surface area contributed by atoms with Gasteiger partial charge in [0.1, 0.15) is 10.8 Å². The molecule has 1 heterocycles. The third kappa shape index (κ3) is 3.43. The maximum atomic E-state index is 11.4. The number of ketones is 1. The molecule has 4 nitrogen and oxygen atoms in total. The Labute approximate surface area is 92.7 Å². The largest absolute Gasteiger partial charge is 0.344 e. The molecule has 0 saturated heterocycles. The number of nitrogens with zero attached hydrogens (tertiary/aromatic N) is 1. The van der Waals surface area contributed by atoms with Crippen LogP contribution in [0.2, 0.25) is 0 Å². The SMILES string of the molecule is CC(=O)CC(=O)NC(C)(C)c1nccs1. The third-order valence-electron chi connectivity index (χ3n) is 1.83. The average Bonchev–Trinajstić information content (AvgIpc) is 2.51. The van der Waals surface area contributed by atoms with Crippen LogP contribution in [-0.4, -0.2) is 16.7 Å². The third-order valence-corrected chi connectivity index (χ3v) is 2.93. The second-order valence-electron chi connectivity index (χ2n) is 3.89. The number of carbonyl (C=O) groups excluding carboxylic acids is 2. The van der Waals surface area contributed by atoms with Crippen molar-refractivity contribution in [1.29, 1.82) is 0 Å². The quantitative estimate of drug-likeness (QED) is 0.791. The zero-order chi connectivity index (χ0) is 11.5. The lowest BCUT2D eigenvalue weighted by molar-refractivity contribution is -0.128. The van der Waals surface area contributed by atoms with E-state index in [-0.39, 0.29) is 18.1 Å². The summed E-state index contributed by atoms with van der Waals surface area (Å²) in [6, 6.07) is 0. The molecular formula is C10H14N2O2S. The van der Waals surface area contributed by atoms with Crippen molar-refractivity contribution in [2.24, 2.45) is 0 Å². The summed E-state index contributed by atoms with van der Waals surface area (Å²) in [4.78, 5) is 26.3. The molecule has 0 aliphatic carbocycles. The molecule has 0 aliphatic heterocycles. The summed E-state index contributed by atoms with van der Waals surface area (Å²) >= 11 is 1.48. The van der Waals surface area contributed by atoms with Crippen molar-refractivity contribution in [3.63, 3.8) is 0 Å². The first kappa shape index (κ1) is 11.8. The second-order valence-corrected chi connectivity index (χ2v) is 4.78. The zero-order valence-electron chi connectivity index (χ0n) is 9.03. The molecule has 5 heteroatoms. The van der Waals surface area contributed by atoms with Crippen LogP contribution >= 0.6 is 11.3 Å². The van der Waals surface area contributed by atoms with Gasteiger partial charge in [-0.15, -0.1) is 11.3 Å². The molecule has 82 valence electrons. The molecule has 1 amide bonds. The highest BCUT2D eigenvalue weighted by Gasteiger charge is 2.25. The molecule has 0 saturated carbocycles. The Morgan fingerprint density at radius 3 is 2.67 bits per heavy atom. The normalized spacial score (nSPS) is 11.1. The smallest absolute Gasteiger partial charge is 0.228 e. The van der Waals surface area contributed by atoms with Crippen molar-refractivity contribution in [3.8, 4) is 0 Å². The first-order valence-corrected chi connectivity index (χ1v) is 5.50. The predicted molar refractivity (Wildman–Crippen MR) is 58.6 cm³/mol. The van der Waals surface area contributed by atoms with Crippen LogP contribution < -0.4 is 5.32 Å². The Kier molecular flexibility index (Phi) is 3.57. The van der Waals surface area contributed by atoms with Crippen molar-refractivity contribution >= 4 is 23.0 Å². The van der Waals surface area contributed by atoms with Crippen LogP contribution in [0.25, 0.3) is 0 Å². The fourth-order valence-corrected chi connectivity index (χ4v) is 1.92. The van der Waals surface area contributed by atoms with Crippen LogP contribution in [0.5, 0.6) is 0 Å². The highest BCUT2D eigenvalue weighted by atomic mass is 32.1. The van der Waals surface area contributed by atoms with Gasteiger partial charge in [0, 0.05) is 11.6 Å². The Balaban J connectivity index is 2.64. The molecule has 0 fully saturated rings. The molecule has 1 aromatic heterocycles. The van der Waals surface area contributed by atoms with Crippen molar-refractivity contribution in [1.82, 2.24) is 10.3 Å². The Hall–Kier alpha value is -1.23. The number of rotatable bonds is 4. The van der Waals surface area contributed by atoms with Gasteiger partial charge in [-0.2, -0.15) is 0 Å². The summed E-state index contributed by atoms with van der Waals surface area (Å²) < 4.78 is 0. The van der Waals surface area contributed by atoms with Crippen LogP contribution in [0.1, 0.15) is 32.2 Å². The van der Waals surface area contributed by atoms with Crippen LogP contribution in [-0.2, 0) is 15.1 Å². The maximum Gasteiger partial charge on any atom is 0.228 e. The van der Waals surface area contributed by atoms with Crippen LogP contribution in [0.3, 0.4) is 0 Å². The molecule has 1 aromatic rings. The molecule has 15 heavy (non-hydrogen) atoms. The summed E-state index contributed by atoms with van der Waals surface area (Å²) in [6.45, 7) is 5.13. The predicted octanol–water partition coefficient (Wildman–Crippen LogP) is 1.47. The fourth-order valence-electron chi connectivity index (χ4n) is 1.20. The number of amides is 1. The molecule has 0 bridgehead atoms. The summed E-state index contributed by atoms with van der Waals surface area (Å²) in [7, 11) is 0. The molecule has 1 rings (SSSR count). The first-order chi connectivity index (χ1) is 6.92. The monoisotopic (exact) mass is 226 g/mol. The number of nitrogens with one attached hydrogen (secondary N) is 1. The summed E-state index contributed by atoms with van der Waals surface area (Å²) in [5.41, 5.74) is -0.513. The van der Waals surface area contributed by atoms with E-state index in [9.17, 15) is 9.59 Å². The van der Waals surface area contributed by atoms with Crippen LogP contribution in [0.4, 0.5) is 0 Å². The summed E-state index contributed by atoms with van der Waals surface area (Å²) in [5.74, 6) is -0.398. The summed E-state index contributed by atoms with van der Waals surface area (Å²) in [6.07, 6.45) is 1.62.